The molecule has 0 saturated carbocycles. The van der Waals surface area contributed by atoms with Gasteiger partial charge in [-0.1, -0.05) is 17.7 Å². The van der Waals surface area contributed by atoms with Crippen LogP contribution >= 0.6 is 0 Å². The smallest absolute Gasteiger partial charge is 0.148 e. The van der Waals surface area contributed by atoms with Crippen LogP contribution in [0, 0.1) is 6.92 Å². The van der Waals surface area contributed by atoms with Crippen molar-refractivity contribution in [1.82, 2.24) is 10.2 Å². The summed E-state index contributed by atoms with van der Waals surface area (Å²) in [7, 11) is 2.56. The summed E-state index contributed by atoms with van der Waals surface area (Å²) in [5.74, 6) is 1.02. The molecule has 1 aromatic rings. The van der Waals surface area contributed by atoms with Crippen LogP contribution < -0.4 is 10.1 Å². The van der Waals surface area contributed by atoms with Crippen molar-refractivity contribution < 1.29 is 13.2 Å². The fourth-order valence-electron chi connectivity index (χ4n) is 2.20. The molecule has 0 radical (unpaired) electrons. The molecule has 1 rings (SSSR count). The Kier molecular flexibility index (Phi) is 6.64. The molecule has 0 amide bonds. The van der Waals surface area contributed by atoms with E-state index in [2.05, 4.69) is 11.4 Å². The summed E-state index contributed by atoms with van der Waals surface area (Å²) < 4.78 is 27.9. The first-order chi connectivity index (χ1) is 9.76. The molecule has 120 valence electrons. The van der Waals surface area contributed by atoms with Gasteiger partial charge in [-0.25, -0.2) is 8.42 Å². The van der Waals surface area contributed by atoms with E-state index in [-0.39, 0.29) is 11.8 Å². The molecule has 0 aliphatic heterocycles. The Morgan fingerprint density at radius 3 is 2.57 bits per heavy atom. The van der Waals surface area contributed by atoms with Crippen molar-refractivity contribution in [2.24, 2.45) is 0 Å². The van der Waals surface area contributed by atoms with Gasteiger partial charge >= 0.3 is 0 Å². The Morgan fingerprint density at radius 1 is 1.38 bits per heavy atom. The molecule has 0 heterocycles. The van der Waals surface area contributed by atoms with Gasteiger partial charge in [-0.05, 0) is 27.1 Å². The molecule has 5 nitrogen and oxygen atoms in total. The molecule has 0 saturated heterocycles. The molecule has 0 aromatic heterocycles. The third-order valence-corrected chi connectivity index (χ3v) is 4.37. The maximum atomic E-state index is 11.2. The SMILES string of the molecule is CNC(CN(C)CCS(C)(=O)=O)c1cc(C)ccc1OC. The number of hydrogen-bond acceptors (Lipinski definition) is 5. The van der Waals surface area contributed by atoms with Crippen LogP contribution in [0.5, 0.6) is 5.75 Å². The van der Waals surface area contributed by atoms with Gasteiger partial charge < -0.3 is 15.0 Å². The number of aryl methyl sites for hydroxylation is 1. The summed E-state index contributed by atoms with van der Waals surface area (Å²) in [6.45, 7) is 3.28. The lowest BCUT2D eigenvalue weighted by Gasteiger charge is -2.25. The monoisotopic (exact) mass is 314 g/mol. The summed E-state index contributed by atoms with van der Waals surface area (Å²) in [6.07, 6.45) is 1.26. The summed E-state index contributed by atoms with van der Waals surface area (Å²) in [5, 5.41) is 3.28. The fraction of sp³-hybridized carbons (Fsp3) is 0.600. The number of hydrogen-bond donors (Lipinski definition) is 1. The van der Waals surface area contributed by atoms with Crippen LogP contribution in [-0.2, 0) is 9.84 Å². The van der Waals surface area contributed by atoms with E-state index in [1.54, 1.807) is 7.11 Å². The van der Waals surface area contributed by atoms with E-state index in [1.165, 1.54) is 11.8 Å². The zero-order valence-corrected chi connectivity index (χ0v) is 14.3. The average molecular weight is 314 g/mol. The molecule has 21 heavy (non-hydrogen) atoms. The van der Waals surface area contributed by atoms with Gasteiger partial charge in [0.25, 0.3) is 0 Å². The van der Waals surface area contributed by atoms with Crippen LogP contribution in [-0.4, -0.2) is 59.6 Å². The second-order valence-corrected chi connectivity index (χ2v) is 7.74. The first-order valence-corrected chi connectivity index (χ1v) is 9.01. The normalized spacial score (nSPS) is 13.4. The first-order valence-electron chi connectivity index (χ1n) is 6.95. The molecule has 1 N–H and O–H groups in total. The number of rotatable bonds is 8. The maximum absolute atomic E-state index is 11.2. The van der Waals surface area contributed by atoms with Gasteiger partial charge in [0.05, 0.1) is 12.9 Å². The minimum absolute atomic E-state index is 0.0874. The molecule has 0 bridgehead atoms. The van der Waals surface area contributed by atoms with Gasteiger partial charge in [0.2, 0.25) is 0 Å². The molecule has 0 spiro atoms. The molecule has 1 aromatic carbocycles. The van der Waals surface area contributed by atoms with Gasteiger partial charge in [-0.2, -0.15) is 0 Å². The number of methoxy groups -OCH3 is 1. The van der Waals surface area contributed by atoms with E-state index in [9.17, 15) is 8.42 Å². The Balaban J connectivity index is 2.81. The highest BCUT2D eigenvalue weighted by Crippen LogP contribution is 2.26. The van der Waals surface area contributed by atoms with Gasteiger partial charge in [0, 0.05) is 31.0 Å². The van der Waals surface area contributed by atoms with Crippen LogP contribution in [0.1, 0.15) is 17.2 Å². The van der Waals surface area contributed by atoms with Crippen molar-refractivity contribution in [2.45, 2.75) is 13.0 Å². The average Bonchev–Trinajstić information content (AvgIpc) is 2.41. The second kappa shape index (κ2) is 7.77. The lowest BCUT2D eigenvalue weighted by atomic mass is 10.0. The van der Waals surface area contributed by atoms with E-state index in [4.69, 9.17) is 4.74 Å². The summed E-state index contributed by atoms with van der Waals surface area (Å²) >= 11 is 0. The quantitative estimate of drug-likeness (QED) is 0.782. The zero-order chi connectivity index (χ0) is 16.0. The van der Waals surface area contributed by atoms with Crippen LogP contribution in [0.4, 0.5) is 0 Å². The Hall–Kier alpha value is -1.11. The lowest BCUT2D eigenvalue weighted by molar-refractivity contribution is 0.305. The van der Waals surface area contributed by atoms with Crippen LogP contribution in [0.25, 0.3) is 0 Å². The summed E-state index contributed by atoms with van der Waals surface area (Å²) in [5.41, 5.74) is 2.26. The van der Waals surface area contributed by atoms with Gasteiger partial charge in [0.15, 0.2) is 0 Å². The molecule has 0 aliphatic rings. The van der Waals surface area contributed by atoms with Gasteiger partial charge in [-0.15, -0.1) is 0 Å². The van der Waals surface area contributed by atoms with Gasteiger partial charge in [0.1, 0.15) is 15.6 Å². The molecule has 6 heteroatoms. The van der Waals surface area contributed by atoms with E-state index in [0.717, 1.165) is 11.3 Å². The number of ether oxygens (including phenoxy) is 1. The molecule has 1 atom stereocenters. The molecule has 0 aliphatic carbocycles. The van der Waals surface area contributed by atoms with E-state index in [1.807, 2.05) is 38.1 Å². The predicted molar refractivity (Wildman–Crippen MR) is 86.7 cm³/mol. The third kappa shape index (κ3) is 6.03. The number of nitrogens with zero attached hydrogens (tertiary/aromatic N) is 1. The Bertz CT molecular complexity index is 558. The van der Waals surface area contributed by atoms with Crippen molar-refractivity contribution in [3.63, 3.8) is 0 Å². The minimum atomic E-state index is -2.93. The maximum Gasteiger partial charge on any atom is 0.148 e. The van der Waals surface area contributed by atoms with Crippen LogP contribution in [0.3, 0.4) is 0 Å². The van der Waals surface area contributed by atoms with Crippen molar-refractivity contribution in [2.75, 3.05) is 46.3 Å². The number of likely N-dealkylation sites (N-methyl/N-ethyl adjacent to an activating group) is 2. The fourth-order valence-corrected chi connectivity index (χ4v) is 2.84. The molecule has 0 fully saturated rings. The Labute approximate surface area is 128 Å². The molecular formula is C15H26N2O3S. The second-order valence-electron chi connectivity index (χ2n) is 5.48. The lowest BCUT2D eigenvalue weighted by Crippen LogP contribution is -2.34. The standard InChI is InChI=1S/C15H26N2O3S/c1-12-6-7-15(20-4)13(10-12)14(16-2)11-17(3)8-9-21(5,18)19/h6-7,10,14,16H,8-9,11H2,1-5H3. The Morgan fingerprint density at radius 2 is 2.05 bits per heavy atom. The van der Waals surface area contributed by atoms with Crippen molar-refractivity contribution >= 4 is 9.84 Å². The highest BCUT2D eigenvalue weighted by Gasteiger charge is 2.17. The minimum Gasteiger partial charge on any atom is -0.496 e. The summed E-state index contributed by atoms with van der Waals surface area (Å²) in [6, 6.07) is 6.17. The summed E-state index contributed by atoms with van der Waals surface area (Å²) in [4.78, 5) is 2.02. The largest absolute Gasteiger partial charge is 0.496 e. The highest BCUT2D eigenvalue weighted by atomic mass is 32.2. The number of nitrogens with one attached hydrogen (secondary N) is 1. The van der Waals surface area contributed by atoms with Crippen LogP contribution in [0.2, 0.25) is 0 Å². The number of sulfone groups is 1. The zero-order valence-electron chi connectivity index (χ0n) is 13.5. The highest BCUT2D eigenvalue weighted by molar-refractivity contribution is 7.90. The first kappa shape index (κ1) is 17.9. The molecular weight excluding hydrogens is 288 g/mol. The van der Waals surface area contributed by atoms with E-state index in [0.29, 0.717) is 13.1 Å². The topological polar surface area (TPSA) is 58.6 Å². The van der Waals surface area contributed by atoms with E-state index < -0.39 is 9.84 Å². The van der Waals surface area contributed by atoms with E-state index >= 15 is 0 Å². The molecule has 1 unspecified atom stereocenters. The van der Waals surface area contributed by atoms with Crippen molar-refractivity contribution in [3.05, 3.63) is 29.3 Å². The van der Waals surface area contributed by atoms with Crippen molar-refractivity contribution in [1.29, 1.82) is 0 Å². The van der Waals surface area contributed by atoms with Gasteiger partial charge in [-0.3, -0.25) is 0 Å². The van der Waals surface area contributed by atoms with Crippen molar-refractivity contribution in [3.8, 4) is 5.75 Å². The number of benzene rings is 1. The predicted octanol–water partition coefficient (Wildman–Crippen LogP) is 1.24. The third-order valence-electron chi connectivity index (χ3n) is 3.45. The van der Waals surface area contributed by atoms with Crippen LogP contribution in [0.15, 0.2) is 18.2 Å².